The van der Waals surface area contributed by atoms with Crippen LogP contribution in [0.2, 0.25) is 0 Å². The van der Waals surface area contributed by atoms with Gasteiger partial charge in [-0.05, 0) is 26.0 Å². The van der Waals surface area contributed by atoms with Crippen LogP contribution in [-0.4, -0.2) is 67.4 Å². The van der Waals surface area contributed by atoms with Crippen LogP contribution in [0.25, 0.3) is 0 Å². The molecular formula is C16H19N5O4. The van der Waals surface area contributed by atoms with Gasteiger partial charge < -0.3 is 14.7 Å². The quantitative estimate of drug-likeness (QED) is 0.860. The van der Waals surface area contributed by atoms with Crippen molar-refractivity contribution in [3.8, 4) is 0 Å². The molecule has 0 spiro atoms. The lowest BCUT2D eigenvalue weighted by Gasteiger charge is -2.32. The molecule has 25 heavy (non-hydrogen) atoms. The minimum atomic E-state index is -1.16. The van der Waals surface area contributed by atoms with Crippen molar-refractivity contribution in [3.05, 3.63) is 41.2 Å². The number of morpholine rings is 1. The van der Waals surface area contributed by atoms with E-state index in [0.717, 1.165) is 5.82 Å². The molecule has 1 aliphatic heterocycles. The maximum absolute atomic E-state index is 12.6. The Morgan fingerprint density at radius 3 is 2.72 bits per heavy atom. The number of carbonyl (C=O) groups is 2. The van der Waals surface area contributed by atoms with Gasteiger partial charge in [0.15, 0.2) is 0 Å². The molecule has 0 aromatic carbocycles. The van der Waals surface area contributed by atoms with E-state index in [1.54, 1.807) is 9.58 Å². The Bertz CT molecular complexity index is 804. The summed E-state index contributed by atoms with van der Waals surface area (Å²) in [6, 6.07) is 4.39. The Kier molecular flexibility index (Phi) is 4.75. The van der Waals surface area contributed by atoms with Crippen LogP contribution in [0, 0.1) is 13.8 Å². The van der Waals surface area contributed by atoms with Crippen molar-refractivity contribution in [1.29, 1.82) is 0 Å². The van der Waals surface area contributed by atoms with E-state index in [-0.39, 0.29) is 23.4 Å². The second-order valence-corrected chi connectivity index (χ2v) is 5.85. The van der Waals surface area contributed by atoms with E-state index in [1.807, 2.05) is 13.8 Å². The van der Waals surface area contributed by atoms with Gasteiger partial charge in [0.1, 0.15) is 23.0 Å². The molecule has 1 fully saturated rings. The Balaban J connectivity index is 1.70. The topological polar surface area (TPSA) is 110 Å². The highest BCUT2D eigenvalue weighted by atomic mass is 16.5. The predicted molar refractivity (Wildman–Crippen MR) is 86.3 cm³/mol. The number of hydrogen-bond acceptors (Lipinski definition) is 6. The van der Waals surface area contributed by atoms with Crippen molar-refractivity contribution in [2.45, 2.75) is 26.5 Å². The lowest BCUT2D eigenvalue weighted by molar-refractivity contribution is -0.0304. The smallest absolute Gasteiger partial charge is 0.354 e. The molecule has 3 heterocycles. The third kappa shape index (κ3) is 3.82. The fourth-order valence-electron chi connectivity index (χ4n) is 2.78. The third-order valence-electron chi connectivity index (χ3n) is 3.95. The Morgan fingerprint density at radius 2 is 2.04 bits per heavy atom. The van der Waals surface area contributed by atoms with Crippen LogP contribution in [0.3, 0.4) is 0 Å². The van der Waals surface area contributed by atoms with Gasteiger partial charge in [0.05, 0.1) is 19.3 Å². The van der Waals surface area contributed by atoms with Crippen LogP contribution in [0.5, 0.6) is 0 Å². The summed E-state index contributed by atoms with van der Waals surface area (Å²) in [5, 5.41) is 13.3. The van der Waals surface area contributed by atoms with Crippen LogP contribution in [0.1, 0.15) is 32.6 Å². The largest absolute Gasteiger partial charge is 0.477 e. The normalized spacial score (nSPS) is 17.5. The number of ether oxygens (including phenoxy) is 1. The molecule has 9 nitrogen and oxygen atoms in total. The average Bonchev–Trinajstić information content (AvgIpc) is 2.91. The van der Waals surface area contributed by atoms with E-state index in [4.69, 9.17) is 9.84 Å². The summed E-state index contributed by atoms with van der Waals surface area (Å²) in [5.41, 5.74) is -0.0299. The van der Waals surface area contributed by atoms with Gasteiger partial charge in [0.25, 0.3) is 5.91 Å². The zero-order chi connectivity index (χ0) is 18.0. The van der Waals surface area contributed by atoms with E-state index in [1.165, 1.54) is 18.2 Å². The first-order chi connectivity index (χ1) is 11.9. The Labute approximate surface area is 144 Å². The number of aryl methyl sites for hydroxylation is 2. The summed E-state index contributed by atoms with van der Waals surface area (Å²) >= 11 is 0. The number of pyridine rings is 1. The summed E-state index contributed by atoms with van der Waals surface area (Å²) in [5.74, 6) is 0.0192. The number of aromatic carboxylic acids is 1. The fraction of sp³-hybridized carbons (Fsp3) is 0.438. The standard InChI is InChI=1S/C16H19N5O4/c1-10-17-11(2)21(19-10)9-12-8-20(6-7-25-12)15(22)13-4-3-5-14(18-13)16(23)24/h3-5,12H,6-9H2,1-2H3,(H,23,24). The summed E-state index contributed by atoms with van der Waals surface area (Å²) in [7, 11) is 0. The lowest BCUT2D eigenvalue weighted by Crippen LogP contribution is -2.47. The van der Waals surface area contributed by atoms with E-state index >= 15 is 0 Å². The predicted octanol–water partition coefficient (Wildman–Crippen LogP) is 0.529. The summed E-state index contributed by atoms with van der Waals surface area (Å²) < 4.78 is 7.49. The maximum atomic E-state index is 12.6. The molecule has 0 aliphatic carbocycles. The van der Waals surface area contributed by atoms with Crippen molar-refractivity contribution in [2.75, 3.05) is 19.7 Å². The Hall–Kier alpha value is -2.81. The molecule has 1 unspecified atom stereocenters. The fourth-order valence-corrected chi connectivity index (χ4v) is 2.78. The monoisotopic (exact) mass is 345 g/mol. The van der Waals surface area contributed by atoms with Crippen molar-refractivity contribution in [3.63, 3.8) is 0 Å². The van der Waals surface area contributed by atoms with Crippen LogP contribution in [-0.2, 0) is 11.3 Å². The molecule has 2 aromatic heterocycles. The van der Waals surface area contributed by atoms with Gasteiger partial charge >= 0.3 is 5.97 Å². The molecule has 2 aromatic rings. The van der Waals surface area contributed by atoms with Gasteiger partial charge in [-0.1, -0.05) is 6.07 Å². The second-order valence-electron chi connectivity index (χ2n) is 5.85. The molecule has 0 saturated carbocycles. The molecule has 0 bridgehead atoms. The van der Waals surface area contributed by atoms with Gasteiger partial charge in [-0.15, -0.1) is 0 Å². The molecular weight excluding hydrogens is 326 g/mol. The third-order valence-corrected chi connectivity index (χ3v) is 3.95. The van der Waals surface area contributed by atoms with Crippen molar-refractivity contribution in [1.82, 2.24) is 24.6 Å². The first-order valence-electron chi connectivity index (χ1n) is 7.93. The van der Waals surface area contributed by atoms with Crippen LogP contribution in [0.4, 0.5) is 0 Å². The minimum Gasteiger partial charge on any atom is -0.477 e. The van der Waals surface area contributed by atoms with Gasteiger partial charge in [0.2, 0.25) is 0 Å². The van der Waals surface area contributed by atoms with Crippen molar-refractivity contribution < 1.29 is 19.4 Å². The minimum absolute atomic E-state index is 0.119. The zero-order valence-electron chi connectivity index (χ0n) is 14.0. The maximum Gasteiger partial charge on any atom is 0.354 e. The SMILES string of the molecule is Cc1nc(C)n(CC2CN(C(=O)c3cccc(C(=O)O)n3)CCO2)n1. The molecule has 1 aliphatic rings. The Morgan fingerprint density at radius 1 is 1.28 bits per heavy atom. The number of rotatable bonds is 4. The molecule has 1 N–H and O–H groups in total. The molecule has 9 heteroatoms. The number of hydrogen-bond donors (Lipinski definition) is 1. The van der Waals surface area contributed by atoms with Gasteiger partial charge in [-0.25, -0.2) is 19.4 Å². The number of carboxylic acids is 1. The molecule has 1 saturated heterocycles. The molecule has 1 atom stereocenters. The highest BCUT2D eigenvalue weighted by Gasteiger charge is 2.27. The van der Waals surface area contributed by atoms with Crippen LogP contribution < -0.4 is 0 Å². The molecule has 1 amide bonds. The van der Waals surface area contributed by atoms with Crippen molar-refractivity contribution >= 4 is 11.9 Å². The molecule has 132 valence electrons. The number of amides is 1. The summed E-state index contributed by atoms with van der Waals surface area (Å²) in [6.07, 6.45) is -0.208. The number of carboxylic acid groups (broad SMARTS) is 1. The first kappa shape index (κ1) is 17.0. The highest BCUT2D eigenvalue weighted by molar-refractivity contribution is 5.94. The highest BCUT2D eigenvalue weighted by Crippen LogP contribution is 2.12. The van der Waals surface area contributed by atoms with Crippen molar-refractivity contribution in [2.24, 2.45) is 0 Å². The van der Waals surface area contributed by atoms with Gasteiger partial charge in [0, 0.05) is 13.1 Å². The van der Waals surface area contributed by atoms with E-state index in [2.05, 4.69) is 15.1 Å². The van der Waals surface area contributed by atoms with Crippen LogP contribution >= 0.6 is 0 Å². The van der Waals surface area contributed by atoms with E-state index in [0.29, 0.717) is 32.1 Å². The first-order valence-corrected chi connectivity index (χ1v) is 7.93. The van der Waals surface area contributed by atoms with Gasteiger partial charge in [-0.2, -0.15) is 5.10 Å². The van der Waals surface area contributed by atoms with Gasteiger partial charge in [-0.3, -0.25) is 4.79 Å². The number of nitrogens with zero attached hydrogens (tertiary/aromatic N) is 5. The number of carbonyl (C=O) groups excluding carboxylic acids is 1. The van der Waals surface area contributed by atoms with E-state index in [9.17, 15) is 9.59 Å². The number of aromatic nitrogens is 4. The second kappa shape index (κ2) is 6.98. The molecule has 3 rings (SSSR count). The summed E-state index contributed by atoms with van der Waals surface area (Å²) in [6.45, 7) is 5.41. The summed E-state index contributed by atoms with van der Waals surface area (Å²) in [4.78, 5) is 33.4. The van der Waals surface area contributed by atoms with E-state index < -0.39 is 5.97 Å². The van der Waals surface area contributed by atoms with Crippen LogP contribution in [0.15, 0.2) is 18.2 Å². The average molecular weight is 345 g/mol. The molecule has 0 radical (unpaired) electrons. The lowest BCUT2D eigenvalue weighted by atomic mass is 10.2. The zero-order valence-corrected chi connectivity index (χ0v) is 14.0.